The molecular formula is C23H23FN2O3S. The molecule has 0 heterocycles. The number of aryl methyl sites for hydroxylation is 2. The summed E-state index contributed by atoms with van der Waals surface area (Å²) in [5.41, 5.74) is 3.17. The molecule has 3 rings (SSSR count). The van der Waals surface area contributed by atoms with Gasteiger partial charge in [0.2, 0.25) is 0 Å². The van der Waals surface area contributed by atoms with Crippen LogP contribution in [0.25, 0.3) is 0 Å². The van der Waals surface area contributed by atoms with Crippen LogP contribution in [0.1, 0.15) is 40.0 Å². The Bertz CT molecular complexity index is 1160. The maximum Gasteiger partial charge on any atom is 0.261 e. The largest absolute Gasteiger partial charge is 0.346 e. The Morgan fingerprint density at radius 1 is 0.933 bits per heavy atom. The van der Waals surface area contributed by atoms with E-state index in [2.05, 4.69) is 10.0 Å². The zero-order chi connectivity index (χ0) is 21.9. The summed E-state index contributed by atoms with van der Waals surface area (Å²) in [4.78, 5) is 12.7. The third-order valence-corrected chi connectivity index (χ3v) is 6.16. The Morgan fingerprint density at radius 2 is 1.57 bits per heavy atom. The number of carbonyl (C=O) groups is 1. The Kier molecular flexibility index (Phi) is 6.22. The Morgan fingerprint density at radius 3 is 2.17 bits per heavy atom. The summed E-state index contributed by atoms with van der Waals surface area (Å²) >= 11 is 0. The van der Waals surface area contributed by atoms with Crippen molar-refractivity contribution < 1.29 is 17.6 Å². The van der Waals surface area contributed by atoms with Crippen LogP contribution in [0.3, 0.4) is 0 Å². The van der Waals surface area contributed by atoms with Crippen LogP contribution in [-0.4, -0.2) is 14.3 Å². The monoisotopic (exact) mass is 426 g/mol. The van der Waals surface area contributed by atoms with Gasteiger partial charge in [0.15, 0.2) is 0 Å². The van der Waals surface area contributed by atoms with Crippen LogP contribution >= 0.6 is 0 Å². The lowest BCUT2D eigenvalue weighted by atomic mass is 10.1. The van der Waals surface area contributed by atoms with Crippen molar-refractivity contribution in [2.24, 2.45) is 0 Å². The topological polar surface area (TPSA) is 75.3 Å². The van der Waals surface area contributed by atoms with Gasteiger partial charge in [0.1, 0.15) is 5.82 Å². The molecule has 3 aromatic carbocycles. The zero-order valence-electron chi connectivity index (χ0n) is 16.9. The van der Waals surface area contributed by atoms with Crippen molar-refractivity contribution in [1.82, 2.24) is 5.32 Å². The van der Waals surface area contributed by atoms with E-state index >= 15 is 0 Å². The molecule has 1 amide bonds. The van der Waals surface area contributed by atoms with Gasteiger partial charge in [0.25, 0.3) is 15.9 Å². The summed E-state index contributed by atoms with van der Waals surface area (Å²) in [6.07, 6.45) is 0. The number of rotatable bonds is 6. The fourth-order valence-corrected chi connectivity index (χ4v) is 4.09. The van der Waals surface area contributed by atoms with Crippen LogP contribution in [0.5, 0.6) is 0 Å². The normalized spacial score (nSPS) is 12.3. The van der Waals surface area contributed by atoms with Gasteiger partial charge >= 0.3 is 0 Å². The Hall–Kier alpha value is -3.19. The molecule has 2 N–H and O–H groups in total. The molecule has 0 aliphatic carbocycles. The minimum Gasteiger partial charge on any atom is -0.346 e. The van der Waals surface area contributed by atoms with Gasteiger partial charge in [-0.3, -0.25) is 9.52 Å². The Labute approximate surface area is 176 Å². The second-order valence-corrected chi connectivity index (χ2v) is 8.88. The number of amides is 1. The molecule has 0 saturated carbocycles. The van der Waals surface area contributed by atoms with Crippen molar-refractivity contribution in [2.75, 3.05) is 4.72 Å². The summed E-state index contributed by atoms with van der Waals surface area (Å²) in [5.74, 6) is -0.639. The molecule has 3 aromatic rings. The highest BCUT2D eigenvalue weighted by Gasteiger charge is 2.17. The van der Waals surface area contributed by atoms with Crippen LogP contribution in [0.4, 0.5) is 10.1 Å². The van der Waals surface area contributed by atoms with Crippen LogP contribution in [0.15, 0.2) is 71.6 Å². The third kappa shape index (κ3) is 5.04. The van der Waals surface area contributed by atoms with Crippen LogP contribution in [0.2, 0.25) is 0 Å². The summed E-state index contributed by atoms with van der Waals surface area (Å²) in [6, 6.07) is 16.9. The minimum atomic E-state index is -3.73. The number of hydrogen-bond donors (Lipinski definition) is 2. The molecule has 0 aromatic heterocycles. The highest BCUT2D eigenvalue weighted by Crippen LogP contribution is 2.22. The number of benzene rings is 3. The highest BCUT2D eigenvalue weighted by molar-refractivity contribution is 7.92. The molecule has 0 saturated heterocycles. The standard InChI is InChI=1S/C23H23FN2O3S/c1-15-4-11-21(12-5-15)30(28,29)26-22-13-8-19(14-16(22)2)23(27)25-17(3)18-6-9-20(24)10-7-18/h4-14,17,26H,1-3H3,(H,25,27)/t17-/m0/s1. The summed E-state index contributed by atoms with van der Waals surface area (Å²) < 4.78 is 40.8. The maximum absolute atomic E-state index is 13.1. The highest BCUT2D eigenvalue weighted by atomic mass is 32.2. The van der Waals surface area contributed by atoms with E-state index in [0.29, 0.717) is 16.8 Å². The molecule has 0 spiro atoms. The minimum absolute atomic E-state index is 0.169. The average molecular weight is 427 g/mol. The van der Waals surface area contributed by atoms with Crippen molar-refractivity contribution in [3.05, 3.63) is 94.8 Å². The fraction of sp³-hybridized carbons (Fsp3) is 0.174. The molecule has 30 heavy (non-hydrogen) atoms. The van der Waals surface area contributed by atoms with Gasteiger partial charge in [-0.2, -0.15) is 0 Å². The molecule has 0 radical (unpaired) electrons. The predicted molar refractivity (Wildman–Crippen MR) is 115 cm³/mol. The van der Waals surface area contributed by atoms with E-state index in [9.17, 15) is 17.6 Å². The SMILES string of the molecule is Cc1ccc(S(=O)(=O)Nc2ccc(C(=O)N[C@@H](C)c3ccc(F)cc3)cc2C)cc1. The number of sulfonamides is 1. The quantitative estimate of drug-likeness (QED) is 0.598. The van der Waals surface area contributed by atoms with Gasteiger partial charge in [0, 0.05) is 5.56 Å². The molecule has 156 valence electrons. The zero-order valence-corrected chi connectivity index (χ0v) is 17.8. The molecule has 0 aliphatic heterocycles. The predicted octanol–water partition coefficient (Wildman–Crippen LogP) is 4.73. The number of hydrogen-bond acceptors (Lipinski definition) is 3. The number of anilines is 1. The molecular weight excluding hydrogens is 403 g/mol. The molecule has 5 nitrogen and oxygen atoms in total. The summed E-state index contributed by atoms with van der Waals surface area (Å²) in [6.45, 7) is 5.42. The van der Waals surface area contributed by atoms with Crippen LogP contribution < -0.4 is 10.0 Å². The van der Waals surface area contributed by atoms with E-state index in [1.807, 2.05) is 13.8 Å². The summed E-state index contributed by atoms with van der Waals surface area (Å²) in [5, 5.41) is 2.86. The van der Waals surface area contributed by atoms with Crippen molar-refractivity contribution in [1.29, 1.82) is 0 Å². The summed E-state index contributed by atoms with van der Waals surface area (Å²) in [7, 11) is -3.73. The molecule has 1 atom stereocenters. The van der Waals surface area contributed by atoms with Gasteiger partial charge in [-0.15, -0.1) is 0 Å². The number of carbonyl (C=O) groups excluding carboxylic acids is 1. The molecule has 7 heteroatoms. The second-order valence-electron chi connectivity index (χ2n) is 7.19. The molecule has 0 bridgehead atoms. The third-order valence-electron chi connectivity index (χ3n) is 4.78. The lowest BCUT2D eigenvalue weighted by Crippen LogP contribution is -2.26. The first-order valence-corrected chi connectivity index (χ1v) is 10.9. The molecule has 0 unspecified atom stereocenters. The fourth-order valence-electron chi connectivity index (χ4n) is 2.96. The number of halogens is 1. The van der Waals surface area contributed by atoms with Gasteiger partial charge in [0.05, 0.1) is 16.6 Å². The Balaban J connectivity index is 1.73. The number of nitrogens with one attached hydrogen (secondary N) is 2. The van der Waals surface area contributed by atoms with Crippen molar-refractivity contribution in [3.63, 3.8) is 0 Å². The second kappa shape index (κ2) is 8.67. The van der Waals surface area contributed by atoms with E-state index in [1.54, 1.807) is 61.5 Å². The first-order chi connectivity index (χ1) is 14.2. The van der Waals surface area contributed by atoms with Gasteiger partial charge < -0.3 is 5.32 Å². The first kappa shape index (κ1) is 21.5. The van der Waals surface area contributed by atoms with Crippen molar-refractivity contribution >= 4 is 21.6 Å². The van der Waals surface area contributed by atoms with Crippen molar-refractivity contribution in [3.8, 4) is 0 Å². The van der Waals surface area contributed by atoms with E-state index in [1.165, 1.54) is 12.1 Å². The van der Waals surface area contributed by atoms with Gasteiger partial charge in [-0.1, -0.05) is 29.8 Å². The maximum atomic E-state index is 13.1. The lowest BCUT2D eigenvalue weighted by molar-refractivity contribution is 0.0940. The molecule has 0 aliphatic rings. The van der Waals surface area contributed by atoms with E-state index in [0.717, 1.165) is 11.1 Å². The van der Waals surface area contributed by atoms with E-state index in [4.69, 9.17) is 0 Å². The molecule has 0 fully saturated rings. The van der Waals surface area contributed by atoms with Crippen LogP contribution in [0, 0.1) is 19.7 Å². The smallest absolute Gasteiger partial charge is 0.261 e. The first-order valence-electron chi connectivity index (χ1n) is 9.42. The van der Waals surface area contributed by atoms with Crippen molar-refractivity contribution in [2.45, 2.75) is 31.7 Å². The van der Waals surface area contributed by atoms with Crippen LogP contribution in [-0.2, 0) is 10.0 Å². The van der Waals surface area contributed by atoms with Gasteiger partial charge in [-0.05, 0) is 74.4 Å². The van der Waals surface area contributed by atoms with E-state index < -0.39 is 10.0 Å². The van der Waals surface area contributed by atoms with Gasteiger partial charge in [-0.25, -0.2) is 12.8 Å². The average Bonchev–Trinajstić information content (AvgIpc) is 2.70. The lowest BCUT2D eigenvalue weighted by Gasteiger charge is -2.16. The van der Waals surface area contributed by atoms with E-state index in [-0.39, 0.29) is 22.7 Å².